The Kier molecular flexibility index (Phi) is 3.79. The standard InChI is InChI=1S/C20H17N7O/c21-9-14-3-5-19(22-10-14)26-13-17-16(20(26)28)12-27(24-17)15-4-6-18(23-11-15)25-7-1-2-8-25/h3-6,10-12H,1-2,7-8,13H2. The summed E-state index contributed by atoms with van der Waals surface area (Å²) >= 11 is 0. The normalized spacial score (nSPS) is 15.8. The SMILES string of the molecule is N#Cc1ccc(N2Cc3nn(-c4ccc(N5CCCC5)nc4)cc3C2=O)nc1. The predicted octanol–water partition coefficient (Wildman–Crippen LogP) is 2.29. The van der Waals surface area contributed by atoms with Gasteiger partial charge in [-0.05, 0) is 37.1 Å². The van der Waals surface area contributed by atoms with Crippen molar-refractivity contribution in [3.8, 4) is 11.8 Å². The number of amides is 1. The summed E-state index contributed by atoms with van der Waals surface area (Å²) in [5, 5.41) is 13.4. The van der Waals surface area contributed by atoms with Gasteiger partial charge >= 0.3 is 0 Å². The Morgan fingerprint density at radius 3 is 2.43 bits per heavy atom. The Hall–Kier alpha value is -3.73. The van der Waals surface area contributed by atoms with Crippen molar-refractivity contribution in [2.24, 2.45) is 0 Å². The summed E-state index contributed by atoms with van der Waals surface area (Å²) in [4.78, 5) is 25.4. The number of fused-ring (bicyclic) bond motifs is 1. The van der Waals surface area contributed by atoms with Gasteiger partial charge in [-0.25, -0.2) is 14.6 Å². The van der Waals surface area contributed by atoms with Gasteiger partial charge in [-0.2, -0.15) is 10.4 Å². The van der Waals surface area contributed by atoms with E-state index in [9.17, 15) is 4.79 Å². The first kappa shape index (κ1) is 16.4. The average Bonchev–Trinajstić information content (AvgIpc) is 3.47. The minimum atomic E-state index is -0.139. The molecule has 3 aromatic rings. The van der Waals surface area contributed by atoms with Crippen molar-refractivity contribution >= 4 is 17.5 Å². The zero-order chi connectivity index (χ0) is 19.1. The summed E-state index contributed by atoms with van der Waals surface area (Å²) in [6.45, 7) is 2.46. The quantitative estimate of drug-likeness (QED) is 0.702. The van der Waals surface area contributed by atoms with Gasteiger partial charge in [-0.3, -0.25) is 9.69 Å². The van der Waals surface area contributed by atoms with E-state index in [1.54, 1.807) is 34.1 Å². The molecule has 0 aromatic carbocycles. The lowest BCUT2D eigenvalue weighted by molar-refractivity contribution is 0.0995. The van der Waals surface area contributed by atoms with Crippen LogP contribution in [0.3, 0.4) is 0 Å². The second-order valence-corrected chi connectivity index (χ2v) is 6.91. The summed E-state index contributed by atoms with van der Waals surface area (Å²) < 4.78 is 1.70. The Balaban J connectivity index is 1.37. The van der Waals surface area contributed by atoms with E-state index in [4.69, 9.17) is 5.26 Å². The van der Waals surface area contributed by atoms with Crippen LogP contribution in [0.5, 0.6) is 0 Å². The Bertz CT molecular complexity index is 1070. The lowest BCUT2D eigenvalue weighted by Gasteiger charge is -2.16. The zero-order valence-corrected chi connectivity index (χ0v) is 15.1. The summed E-state index contributed by atoms with van der Waals surface area (Å²) in [6, 6.07) is 9.34. The molecule has 2 aliphatic heterocycles. The number of anilines is 2. The number of rotatable bonds is 3. The van der Waals surface area contributed by atoms with Crippen molar-refractivity contribution in [1.82, 2.24) is 19.7 Å². The molecule has 0 atom stereocenters. The van der Waals surface area contributed by atoms with Crippen LogP contribution in [-0.4, -0.2) is 38.7 Å². The van der Waals surface area contributed by atoms with E-state index in [0.29, 0.717) is 29.2 Å². The van der Waals surface area contributed by atoms with Gasteiger partial charge < -0.3 is 4.90 Å². The Morgan fingerprint density at radius 2 is 1.79 bits per heavy atom. The second-order valence-electron chi connectivity index (χ2n) is 6.91. The fourth-order valence-electron chi connectivity index (χ4n) is 3.65. The third kappa shape index (κ3) is 2.68. The van der Waals surface area contributed by atoms with E-state index >= 15 is 0 Å². The number of hydrogen-bond donors (Lipinski definition) is 0. The monoisotopic (exact) mass is 371 g/mol. The van der Waals surface area contributed by atoms with Gasteiger partial charge in [0.15, 0.2) is 0 Å². The molecular formula is C20H17N7O. The molecule has 1 fully saturated rings. The number of nitriles is 1. The molecule has 138 valence electrons. The molecule has 5 rings (SSSR count). The number of carbonyl (C=O) groups is 1. The fraction of sp³-hybridized carbons (Fsp3) is 0.250. The average molecular weight is 371 g/mol. The van der Waals surface area contributed by atoms with Crippen molar-refractivity contribution in [3.63, 3.8) is 0 Å². The van der Waals surface area contributed by atoms with Crippen molar-refractivity contribution in [2.45, 2.75) is 19.4 Å². The Labute approximate surface area is 161 Å². The highest BCUT2D eigenvalue weighted by Gasteiger charge is 2.32. The summed E-state index contributed by atoms with van der Waals surface area (Å²) in [6.07, 6.45) is 7.42. The van der Waals surface area contributed by atoms with Crippen LogP contribution in [-0.2, 0) is 6.54 Å². The van der Waals surface area contributed by atoms with Crippen molar-refractivity contribution in [3.05, 3.63) is 59.7 Å². The van der Waals surface area contributed by atoms with Crippen LogP contribution in [0.1, 0.15) is 34.5 Å². The maximum absolute atomic E-state index is 12.8. The van der Waals surface area contributed by atoms with Crippen LogP contribution in [0.4, 0.5) is 11.6 Å². The first-order valence-electron chi connectivity index (χ1n) is 9.21. The minimum absolute atomic E-state index is 0.139. The van der Waals surface area contributed by atoms with E-state index in [1.165, 1.54) is 19.0 Å². The van der Waals surface area contributed by atoms with Crippen LogP contribution >= 0.6 is 0 Å². The predicted molar refractivity (Wildman–Crippen MR) is 102 cm³/mol. The van der Waals surface area contributed by atoms with E-state index < -0.39 is 0 Å². The molecule has 0 unspecified atom stereocenters. The van der Waals surface area contributed by atoms with Gasteiger partial charge in [-0.1, -0.05) is 0 Å². The van der Waals surface area contributed by atoms with Gasteiger partial charge in [0.2, 0.25) is 0 Å². The molecule has 0 spiro atoms. The van der Waals surface area contributed by atoms with Crippen LogP contribution in [0.25, 0.3) is 5.69 Å². The highest BCUT2D eigenvalue weighted by atomic mass is 16.2. The molecule has 8 nitrogen and oxygen atoms in total. The highest BCUT2D eigenvalue weighted by molar-refractivity contribution is 6.09. The van der Waals surface area contributed by atoms with Crippen molar-refractivity contribution in [2.75, 3.05) is 22.9 Å². The second kappa shape index (κ2) is 6.46. The van der Waals surface area contributed by atoms with E-state index in [-0.39, 0.29) is 5.91 Å². The molecule has 5 heterocycles. The van der Waals surface area contributed by atoms with Gasteiger partial charge in [0.05, 0.1) is 35.2 Å². The maximum atomic E-state index is 12.8. The van der Waals surface area contributed by atoms with Crippen molar-refractivity contribution < 1.29 is 4.79 Å². The number of carbonyl (C=O) groups excluding carboxylic acids is 1. The molecule has 0 aliphatic carbocycles. The molecule has 8 heteroatoms. The first-order valence-corrected chi connectivity index (χ1v) is 9.21. The topological polar surface area (TPSA) is 90.9 Å². The molecule has 0 radical (unpaired) electrons. The summed E-state index contributed by atoms with van der Waals surface area (Å²) in [7, 11) is 0. The minimum Gasteiger partial charge on any atom is -0.357 e. The van der Waals surface area contributed by atoms with Gasteiger partial charge in [0.25, 0.3) is 5.91 Å². The molecule has 0 N–H and O–H groups in total. The zero-order valence-electron chi connectivity index (χ0n) is 15.1. The first-order chi connectivity index (χ1) is 13.7. The lowest BCUT2D eigenvalue weighted by atomic mass is 10.3. The molecule has 28 heavy (non-hydrogen) atoms. The van der Waals surface area contributed by atoms with Crippen molar-refractivity contribution in [1.29, 1.82) is 5.26 Å². The van der Waals surface area contributed by atoms with Crippen LogP contribution < -0.4 is 9.80 Å². The molecule has 0 bridgehead atoms. The van der Waals surface area contributed by atoms with Crippen LogP contribution in [0, 0.1) is 11.3 Å². The van der Waals surface area contributed by atoms with Gasteiger partial charge in [-0.15, -0.1) is 0 Å². The number of aromatic nitrogens is 4. The summed E-state index contributed by atoms with van der Waals surface area (Å²) in [5.74, 6) is 1.36. The summed E-state index contributed by atoms with van der Waals surface area (Å²) in [5.41, 5.74) is 2.56. The third-order valence-corrected chi connectivity index (χ3v) is 5.15. The number of pyridine rings is 2. The van der Waals surface area contributed by atoms with E-state index in [0.717, 1.165) is 24.6 Å². The fourth-order valence-corrected chi connectivity index (χ4v) is 3.65. The molecule has 2 aliphatic rings. The molecule has 1 amide bonds. The van der Waals surface area contributed by atoms with Crippen LogP contribution in [0.2, 0.25) is 0 Å². The molecule has 3 aromatic heterocycles. The molecular weight excluding hydrogens is 354 g/mol. The largest absolute Gasteiger partial charge is 0.357 e. The Morgan fingerprint density at radius 1 is 1.00 bits per heavy atom. The lowest BCUT2D eigenvalue weighted by Crippen LogP contribution is -2.24. The number of nitrogens with zero attached hydrogens (tertiary/aromatic N) is 7. The molecule has 1 saturated heterocycles. The van der Waals surface area contributed by atoms with E-state index in [2.05, 4.69) is 20.0 Å². The highest BCUT2D eigenvalue weighted by Crippen LogP contribution is 2.27. The van der Waals surface area contributed by atoms with Gasteiger partial charge in [0.1, 0.15) is 17.7 Å². The maximum Gasteiger partial charge on any atom is 0.263 e. The van der Waals surface area contributed by atoms with Crippen LogP contribution in [0.15, 0.2) is 42.9 Å². The van der Waals surface area contributed by atoms with Gasteiger partial charge in [0, 0.05) is 25.5 Å². The van der Waals surface area contributed by atoms with E-state index in [1.807, 2.05) is 18.2 Å². The molecule has 0 saturated carbocycles. The third-order valence-electron chi connectivity index (χ3n) is 5.15. The smallest absolute Gasteiger partial charge is 0.263 e. The number of hydrogen-bond acceptors (Lipinski definition) is 6.